The quantitative estimate of drug-likeness (QED) is 0.511. The third-order valence-corrected chi connectivity index (χ3v) is 5.66. The first-order chi connectivity index (χ1) is 13.5. The van der Waals surface area contributed by atoms with E-state index in [1.54, 1.807) is 24.9 Å². The molecule has 0 aliphatic carbocycles. The van der Waals surface area contributed by atoms with Crippen LogP contribution in [0.1, 0.15) is 32.6 Å². The molecule has 144 valence electrons. The van der Waals surface area contributed by atoms with Crippen molar-refractivity contribution in [2.24, 2.45) is 0 Å². The smallest absolute Gasteiger partial charge is 0.255 e. The Kier molecular flexibility index (Phi) is 6.42. The molecule has 0 aliphatic rings. The fourth-order valence-electron chi connectivity index (χ4n) is 2.89. The molecule has 0 atom stereocenters. The van der Waals surface area contributed by atoms with Crippen molar-refractivity contribution in [3.05, 3.63) is 88.5 Å². The molecule has 0 heterocycles. The highest BCUT2D eigenvalue weighted by Gasteiger charge is 2.12. The van der Waals surface area contributed by atoms with Gasteiger partial charge in [0, 0.05) is 27.5 Å². The molecule has 3 nitrogen and oxygen atoms in total. The number of carbonyl (C=O) groups is 1. The lowest BCUT2D eigenvalue weighted by molar-refractivity contribution is 0.102. The third kappa shape index (κ3) is 4.96. The summed E-state index contributed by atoms with van der Waals surface area (Å²) < 4.78 is 5.50. The molecule has 0 saturated carbocycles. The van der Waals surface area contributed by atoms with Gasteiger partial charge in [-0.2, -0.15) is 0 Å². The van der Waals surface area contributed by atoms with E-state index in [-0.39, 0.29) is 5.91 Å². The fourth-order valence-corrected chi connectivity index (χ4v) is 3.77. The number of ether oxygens (including phenoxy) is 1. The van der Waals surface area contributed by atoms with Crippen molar-refractivity contribution in [2.45, 2.75) is 31.4 Å². The van der Waals surface area contributed by atoms with Crippen molar-refractivity contribution in [3.8, 4) is 5.75 Å². The van der Waals surface area contributed by atoms with Gasteiger partial charge in [0.15, 0.2) is 0 Å². The summed E-state index contributed by atoms with van der Waals surface area (Å²) in [4.78, 5) is 14.0. The number of amides is 1. The van der Waals surface area contributed by atoms with Gasteiger partial charge in [-0.3, -0.25) is 4.79 Å². The number of aryl methyl sites for hydroxylation is 3. The summed E-state index contributed by atoms with van der Waals surface area (Å²) in [5.74, 6) is 1.41. The molecule has 0 unspecified atom stereocenters. The summed E-state index contributed by atoms with van der Waals surface area (Å²) in [5, 5.41) is 3.03. The zero-order valence-corrected chi connectivity index (χ0v) is 17.5. The van der Waals surface area contributed by atoms with Crippen molar-refractivity contribution >= 4 is 23.4 Å². The number of nitrogens with one attached hydrogen (secondary N) is 1. The topological polar surface area (TPSA) is 38.3 Å². The van der Waals surface area contributed by atoms with Gasteiger partial charge in [0.1, 0.15) is 5.75 Å². The molecule has 0 spiro atoms. The average molecular weight is 392 g/mol. The van der Waals surface area contributed by atoms with Gasteiger partial charge >= 0.3 is 0 Å². The maximum Gasteiger partial charge on any atom is 0.255 e. The molecule has 0 fully saturated rings. The number of hydrogen-bond acceptors (Lipinski definition) is 3. The van der Waals surface area contributed by atoms with Gasteiger partial charge in [0.05, 0.1) is 7.11 Å². The van der Waals surface area contributed by atoms with Gasteiger partial charge < -0.3 is 10.1 Å². The Labute approximate surface area is 171 Å². The summed E-state index contributed by atoms with van der Waals surface area (Å²) in [6, 6.07) is 20.1. The van der Waals surface area contributed by atoms with E-state index in [9.17, 15) is 4.79 Å². The van der Waals surface area contributed by atoms with Crippen LogP contribution in [0.4, 0.5) is 5.69 Å². The molecule has 1 N–H and O–H groups in total. The maximum atomic E-state index is 12.8. The second-order valence-corrected chi connectivity index (χ2v) is 7.95. The van der Waals surface area contributed by atoms with Crippen LogP contribution in [0.2, 0.25) is 0 Å². The van der Waals surface area contributed by atoms with Crippen LogP contribution in [0.3, 0.4) is 0 Å². The predicted octanol–water partition coefficient (Wildman–Crippen LogP) is 6.17. The molecule has 3 rings (SSSR count). The van der Waals surface area contributed by atoms with Crippen LogP contribution in [-0.4, -0.2) is 13.0 Å². The first-order valence-corrected chi connectivity index (χ1v) is 10.2. The van der Waals surface area contributed by atoms with Crippen LogP contribution in [0.25, 0.3) is 0 Å². The molecule has 0 aliphatic heterocycles. The number of methoxy groups -OCH3 is 1. The van der Waals surface area contributed by atoms with Crippen molar-refractivity contribution in [1.82, 2.24) is 0 Å². The van der Waals surface area contributed by atoms with Crippen molar-refractivity contribution in [2.75, 3.05) is 12.4 Å². The zero-order valence-electron chi connectivity index (χ0n) is 16.7. The highest BCUT2D eigenvalue weighted by molar-refractivity contribution is 7.98. The summed E-state index contributed by atoms with van der Waals surface area (Å²) in [6.45, 7) is 6.09. The Morgan fingerprint density at radius 3 is 2.36 bits per heavy atom. The number of carbonyl (C=O) groups excluding carboxylic acids is 1. The number of rotatable bonds is 6. The van der Waals surface area contributed by atoms with Crippen LogP contribution < -0.4 is 10.1 Å². The number of anilines is 1. The minimum atomic E-state index is -0.113. The molecule has 0 aromatic heterocycles. The predicted molar refractivity (Wildman–Crippen MR) is 118 cm³/mol. The van der Waals surface area contributed by atoms with E-state index in [2.05, 4.69) is 36.5 Å². The molecule has 0 saturated heterocycles. The fraction of sp³-hybridized carbons (Fsp3) is 0.208. The molecule has 3 aromatic rings. The Morgan fingerprint density at radius 1 is 0.929 bits per heavy atom. The first kappa shape index (κ1) is 20.0. The van der Waals surface area contributed by atoms with Crippen molar-refractivity contribution in [1.29, 1.82) is 0 Å². The van der Waals surface area contributed by atoms with E-state index in [0.717, 1.165) is 33.9 Å². The van der Waals surface area contributed by atoms with E-state index in [0.29, 0.717) is 5.56 Å². The van der Waals surface area contributed by atoms with Crippen molar-refractivity contribution < 1.29 is 9.53 Å². The van der Waals surface area contributed by atoms with E-state index in [1.807, 2.05) is 44.2 Å². The second-order valence-electron chi connectivity index (χ2n) is 6.90. The molecule has 0 bridgehead atoms. The van der Waals surface area contributed by atoms with E-state index < -0.39 is 0 Å². The minimum Gasteiger partial charge on any atom is -0.496 e. The zero-order chi connectivity index (χ0) is 20.1. The Balaban J connectivity index is 1.78. The molecule has 0 radical (unpaired) electrons. The first-order valence-electron chi connectivity index (χ1n) is 9.21. The summed E-state index contributed by atoms with van der Waals surface area (Å²) in [7, 11) is 1.66. The van der Waals surface area contributed by atoms with E-state index in [4.69, 9.17) is 4.74 Å². The molecule has 4 heteroatoms. The normalized spacial score (nSPS) is 10.6. The standard InChI is InChI=1S/C24H25NO2S/c1-16-6-10-21(11-7-16)28-15-20-14-19(9-12-23(20)27-4)24(26)25-22-13-17(2)5-8-18(22)3/h5-14H,15H2,1-4H3,(H,25,26). The lowest BCUT2D eigenvalue weighted by atomic mass is 10.1. The minimum absolute atomic E-state index is 0.113. The molecular weight excluding hydrogens is 366 g/mol. The second kappa shape index (κ2) is 8.98. The van der Waals surface area contributed by atoms with Gasteiger partial charge in [-0.25, -0.2) is 0 Å². The number of benzene rings is 3. The lowest BCUT2D eigenvalue weighted by Gasteiger charge is -2.13. The molecule has 1 amide bonds. The summed E-state index contributed by atoms with van der Waals surface area (Å²) in [6.07, 6.45) is 0. The Hall–Kier alpha value is -2.72. The van der Waals surface area contributed by atoms with Crippen LogP contribution in [-0.2, 0) is 5.75 Å². The lowest BCUT2D eigenvalue weighted by Crippen LogP contribution is -2.13. The van der Waals surface area contributed by atoms with Crippen LogP contribution in [0, 0.1) is 20.8 Å². The van der Waals surface area contributed by atoms with Gasteiger partial charge in [0.25, 0.3) is 5.91 Å². The van der Waals surface area contributed by atoms with E-state index >= 15 is 0 Å². The molecule has 3 aromatic carbocycles. The van der Waals surface area contributed by atoms with Gasteiger partial charge in [-0.05, 0) is 68.3 Å². The number of hydrogen-bond donors (Lipinski definition) is 1. The average Bonchev–Trinajstić information content (AvgIpc) is 2.70. The monoisotopic (exact) mass is 391 g/mol. The van der Waals surface area contributed by atoms with E-state index in [1.165, 1.54) is 10.5 Å². The van der Waals surface area contributed by atoms with Crippen LogP contribution >= 0.6 is 11.8 Å². The van der Waals surface area contributed by atoms with Crippen LogP contribution in [0.5, 0.6) is 5.75 Å². The van der Waals surface area contributed by atoms with Gasteiger partial charge in [-0.1, -0.05) is 29.8 Å². The molecule has 28 heavy (non-hydrogen) atoms. The summed E-state index contributed by atoms with van der Waals surface area (Å²) >= 11 is 1.73. The van der Waals surface area contributed by atoms with Gasteiger partial charge in [-0.15, -0.1) is 11.8 Å². The van der Waals surface area contributed by atoms with Crippen LogP contribution in [0.15, 0.2) is 65.6 Å². The Bertz CT molecular complexity index is 980. The summed E-state index contributed by atoms with van der Waals surface area (Å²) in [5.41, 5.74) is 5.87. The van der Waals surface area contributed by atoms with Crippen molar-refractivity contribution in [3.63, 3.8) is 0 Å². The largest absolute Gasteiger partial charge is 0.496 e. The maximum absolute atomic E-state index is 12.8. The Morgan fingerprint density at radius 2 is 1.64 bits per heavy atom. The highest BCUT2D eigenvalue weighted by atomic mass is 32.2. The molecular formula is C24H25NO2S. The van der Waals surface area contributed by atoms with Gasteiger partial charge in [0.2, 0.25) is 0 Å². The third-order valence-electron chi connectivity index (χ3n) is 4.60. The highest BCUT2D eigenvalue weighted by Crippen LogP contribution is 2.29. The number of thioether (sulfide) groups is 1. The SMILES string of the molecule is COc1ccc(C(=O)Nc2cc(C)ccc2C)cc1CSc1ccc(C)cc1.